The van der Waals surface area contributed by atoms with E-state index in [9.17, 15) is 66.4 Å². The van der Waals surface area contributed by atoms with Gasteiger partial charge in [-0.3, -0.25) is 0 Å². The van der Waals surface area contributed by atoms with Gasteiger partial charge in [-0.25, -0.2) is 0 Å². The minimum atomic E-state index is -1.75. The summed E-state index contributed by atoms with van der Waals surface area (Å²) in [6, 6.07) is 0. The maximum Gasteiger partial charge on any atom is 0.187 e. The second-order valence-electron chi connectivity index (χ2n) is 23.5. The van der Waals surface area contributed by atoms with Crippen LogP contribution in [0.2, 0.25) is 0 Å². The van der Waals surface area contributed by atoms with Gasteiger partial charge in [-0.2, -0.15) is 0 Å². The zero-order valence-electron chi connectivity index (χ0n) is 42.5. The lowest BCUT2D eigenvalue weighted by Gasteiger charge is -2.58. The van der Waals surface area contributed by atoms with Crippen molar-refractivity contribution in [3.63, 3.8) is 0 Å². The summed E-state index contributed by atoms with van der Waals surface area (Å²) in [6.07, 6.45) is -19.4. The highest BCUT2D eigenvalue weighted by molar-refractivity contribution is 5.29. The lowest BCUT2D eigenvalue weighted by Crippen LogP contribution is -2.66. The summed E-state index contributed by atoms with van der Waals surface area (Å²) < 4.78 is 54.5. The Morgan fingerprint density at radius 2 is 1.25 bits per heavy atom. The van der Waals surface area contributed by atoms with Crippen molar-refractivity contribution in [3.05, 3.63) is 23.5 Å². The van der Waals surface area contributed by atoms with Gasteiger partial charge in [-0.1, -0.05) is 32.4 Å². The quantitative estimate of drug-likeness (QED) is 0.0882. The highest BCUT2D eigenvalue weighted by Gasteiger charge is 2.69. The van der Waals surface area contributed by atoms with Crippen molar-refractivity contribution in [3.8, 4) is 0 Å². The van der Waals surface area contributed by atoms with E-state index in [0.717, 1.165) is 32.1 Å². The van der Waals surface area contributed by atoms with Gasteiger partial charge < -0.3 is 109 Å². The maximum atomic E-state index is 12.3. The molecular formula is C51H82O22. The van der Waals surface area contributed by atoms with Gasteiger partial charge in [0.05, 0.1) is 38.1 Å². The lowest BCUT2D eigenvalue weighted by atomic mass is 9.46. The largest absolute Gasteiger partial charge is 0.492 e. The Bertz CT molecular complexity index is 1960. The van der Waals surface area contributed by atoms with Crippen molar-refractivity contribution in [2.45, 2.75) is 234 Å². The Balaban J connectivity index is 0.860. The van der Waals surface area contributed by atoms with Crippen LogP contribution in [0, 0.1) is 40.4 Å². The van der Waals surface area contributed by atoms with E-state index in [2.05, 4.69) is 19.9 Å². The summed E-state index contributed by atoms with van der Waals surface area (Å²) in [7, 11) is 0. The highest BCUT2D eigenvalue weighted by atomic mass is 16.8. The number of aliphatic hydroxyl groups is 13. The molecule has 9 rings (SSSR count). The van der Waals surface area contributed by atoms with Crippen LogP contribution in [0.3, 0.4) is 0 Å². The summed E-state index contributed by atoms with van der Waals surface area (Å²) in [5, 5.41) is 139. The molecule has 30 atom stereocenters. The van der Waals surface area contributed by atoms with Crippen LogP contribution in [-0.4, -0.2) is 227 Å². The van der Waals surface area contributed by atoms with Crippen LogP contribution >= 0.6 is 0 Å². The Kier molecular flexibility index (Phi) is 16.6. The number of rotatable bonds is 13. The fourth-order valence-corrected chi connectivity index (χ4v) is 14.6. The molecule has 5 heterocycles. The molecule has 5 aliphatic heterocycles. The fraction of sp³-hybridized carbons (Fsp3) is 0.922. The smallest absolute Gasteiger partial charge is 0.187 e. The van der Waals surface area contributed by atoms with E-state index < -0.39 is 148 Å². The van der Waals surface area contributed by atoms with Crippen LogP contribution < -0.4 is 0 Å². The van der Waals surface area contributed by atoms with Crippen molar-refractivity contribution in [2.75, 3.05) is 19.8 Å². The third-order valence-corrected chi connectivity index (χ3v) is 18.9. The van der Waals surface area contributed by atoms with Crippen molar-refractivity contribution < 1.29 is 109 Å². The van der Waals surface area contributed by atoms with E-state index in [1.165, 1.54) is 19.4 Å². The molecule has 8 fully saturated rings. The summed E-state index contributed by atoms with van der Waals surface area (Å²) in [5.41, 5.74) is -0.343. The second kappa shape index (κ2) is 21.6. The van der Waals surface area contributed by atoms with E-state index in [-0.39, 0.29) is 35.4 Å². The molecule has 418 valence electrons. The number of hydrogen-bond acceptors (Lipinski definition) is 22. The molecule has 4 aliphatic carbocycles. The molecule has 0 bridgehead atoms. The monoisotopic (exact) mass is 1050 g/mol. The van der Waals surface area contributed by atoms with Gasteiger partial charge in [0, 0.05) is 5.92 Å². The van der Waals surface area contributed by atoms with Crippen LogP contribution in [0.15, 0.2) is 23.5 Å². The Morgan fingerprint density at radius 3 is 1.88 bits per heavy atom. The van der Waals surface area contributed by atoms with Crippen LogP contribution in [0.5, 0.6) is 0 Å². The molecule has 0 amide bonds. The second-order valence-corrected chi connectivity index (χ2v) is 23.5. The molecule has 0 aromatic heterocycles. The first-order valence-corrected chi connectivity index (χ1v) is 26.5. The van der Waals surface area contributed by atoms with E-state index >= 15 is 0 Å². The van der Waals surface area contributed by atoms with Gasteiger partial charge >= 0.3 is 0 Å². The van der Waals surface area contributed by atoms with Crippen molar-refractivity contribution in [2.24, 2.45) is 40.4 Å². The number of fused-ring (bicyclic) bond motifs is 7. The SMILES string of the molecule is C[C@H](C/C=C1\OC2CC3C4CC=C5C[C@@H](O[C@@H]6O[C@H](CO)[C@@H](O[C@@H]7O[C@@H](C)[C@H](O)[C@@H](O)[C@H]7O)[C@H](O)[C@H]6O[C@@H]6O[C@@H](C)[C@H](O)[C@@H](O)[C@H]6O)CC[C@]5(C)C4CCC3(C)C2[C@]1(C)O)CO[C@@H]1O[C@H](CO)[C@@H](O)[C@H](O)[C@H]1O. The maximum absolute atomic E-state index is 12.3. The van der Waals surface area contributed by atoms with E-state index in [1.54, 1.807) is 0 Å². The van der Waals surface area contributed by atoms with Crippen molar-refractivity contribution in [1.29, 1.82) is 0 Å². The van der Waals surface area contributed by atoms with Gasteiger partial charge in [0.1, 0.15) is 103 Å². The van der Waals surface area contributed by atoms with Crippen LogP contribution in [0.25, 0.3) is 0 Å². The standard InChI is InChI=1S/C51H82O22/c1-20(19-65-45-38(60)37(59)34(56)29(17-52)70-45)7-10-31-51(6,64)44-28(69-31)16-27-25-9-8-23-15-24(11-13-49(23,4)26(25)12-14-50(27,44)5)68-48-43(73-47-40(62)36(58)33(55)22(3)67-47)41(63)42(30(18-53)71-48)72-46-39(61)35(57)32(54)21(2)66-46/h8,10,20-22,24-30,32-48,52-64H,7,9,11-19H2,1-6H3/b31-10-/t20-,21+,22+,24+,25?,26?,27?,28?,29-,30-,32+,33+,34-,35-,36-,37+,38-,39-,40-,41+,42-,43-,44?,45-,46+,47+,48-,49+,50?,51-/m1/s1. The summed E-state index contributed by atoms with van der Waals surface area (Å²) in [4.78, 5) is 0. The van der Waals surface area contributed by atoms with Crippen LogP contribution in [-0.2, 0) is 42.6 Å². The minimum Gasteiger partial charge on any atom is -0.492 e. The van der Waals surface area contributed by atoms with Crippen molar-refractivity contribution in [1.82, 2.24) is 0 Å². The fourth-order valence-electron chi connectivity index (χ4n) is 14.6. The first-order chi connectivity index (χ1) is 34.4. The van der Waals surface area contributed by atoms with Gasteiger partial charge in [-0.05, 0) is 113 Å². The first-order valence-electron chi connectivity index (χ1n) is 26.5. The van der Waals surface area contributed by atoms with E-state index in [0.29, 0.717) is 42.8 Å². The molecule has 5 saturated heterocycles. The molecule has 0 radical (unpaired) electrons. The topological polar surface area (TPSA) is 346 Å². The average molecular weight is 1050 g/mol. The summed E-state index contributed by atoms with van der Waals surface area (Å²) in [5.74, 6) is 1.30. The molecule has 3 saturated carbocycles. The number of hydrogen-bond donors (Lipinski definition) is 13. The molecule has 22 heteroatoms. The predicted octanol–water partition coefficient (Wildman–Crippen LogP) is -2.06. The molecule has 22 nitrogen and oxygen atoms in total. The third kappa shape index (κ3) is 10.0. The molecule has 0 aromatic rings. The molecule has 9 aliphatic rings. The highest BCUT2D eigenvalue weighted by Crippen LogP contribution is 2.70. The normalized spacial score (nSPS) is 54.9. The zero-order chi connectivity index (χ0) is 52.8. The minimum absolute atomic E-state index is 0.0981. The third-order valence-electron chi connectivity index (χ3n) is 18.9. The molecular weight excluding hydrogens is 965 g/mol. The van der Waals surface area contributed by atoms with Gasteiger partial charge in [0.15, 0.2) is 25.2 Å². The van der Waals surface area contributed by atoms with Gasteiger partial charge in [0.25, 0.3) is 0 Å². The van der Waals surface area contributed by atoms with E-state index in [1.807, 2.05) is 19.9 Å². The molecule has 13 N–H and O–H groups in total. The lowest BCUT2D eigenvalue weighted by molar-refractivity contribution is -0.388. The van der Waals surface area contributed by atoms with Crippen LogP contribution in [0.4, 0.5) is 0 Å². The molecule has 0 aromatic carbocycles. The first kappa shape index (κ1) is 56.2. The number of ether oxygens (including phenoxy) is 9. The van der Waals surface area contributed by atoms with Gasteiger partial charge in [-0.15, -0.1) is 0 Å². The van der Waals surface area contributed by atoms with Crippen LogP contribution in [0.1, 0.15) is 92.9 Å². The predicted molar refractivity (Wildman–Crippen MR) is 249 cm³/mol. The molecule has 0 spiro atoms. The molecule has 73 heavy (non-hydrogen) atoms. The zero-order valence-corrected chi connectivity index (χ0v) is 42.5. The summed E-state index contributed by atoms with van der Waals surface area (Å²) >= 11 is 0. The Morgan fingerprint density at radius 1 is 0.658 bits per heavy atom. The Hall–Kier alpha value is -1.56. The number of aliphatic hydroxyl groups excluding tert-OH is 12. The molecule has 6 unspecified atom stereocenters. The van der Waals surface area contributed by atoms with Gasteiger partial charge in [0.2, 0.25) is 0 Å². The average Bonchev–Trinajstić information content (AvgIpc) is 3.82. The Labute approximate surface area is 425 Å². The van der Waals surface area contributed by atoms with Crippen molar-refractivity contribution >= 4 is 0 Å². The summed E-state index contributed by atoms with van der Waals surface area (Å²) in [6.45, 7) is 10.3. The van der Waals surface area contributed by atoms with E-state index in [4.69, 9.17) is 42.6 Å². The number of allylic oxidation sites excluding steroid dienone is 2.